The van der Waals surface area contributed by atoms with Crippen LogP contribution in [0.1, 0.15) is 19.3 Å². The predicted molar refractivity (Wildman–Crippen MR) is 102 cm³/mol. The second kappa shape index (κ2) is 9.31. The van der Waals surface area contributed by atoms with E-state index in [9.17, 15) is 18.0 Å². The Labute approximate surface area is 164 Å². The van der Waals surface area contributed by atoms with E-state index in [0.29, 0.717) is 32.0 Å². The molecule has 1 N–H and O–H groups in total. The molecule has 2 aliphatic rings. The third kappa shape index (κ3) is 5.40. The second-order valence-electron chi connectivity index (χ2n) is 6.72. The fourth-order valence-electron chi connectivity index (χ4n) is 3.13. The van der Waals surface area contributed by atoms with Gasteiger partial charge in [0.1, 0.15) is 0 Å². The predicted octanol–water partition coefficient (Wildman–Crippen LogP) is 1.55. The number of ether oxygens (including phenoxy) is 2. The number of hydrogen-bond acceptors (Lipinski definition) is 6. The fourth-order valence-corrected chi connectivity index (χ4v) is 4.54. The molecule has 1 atom stereocenters. The van der Waals surface area contributed by atoms with Crippen LogP contribution in [0.3, 0.4) is 0 Å². The maximum absolute atomic E-state index is 12.6. The lowest BCUT2D eigenvalue weighted by Crippen LogP contribution is -2.40. The number of carbonyl (C=O) groups is 2. The molecule has 0 spiro atoms. The molecule has 0 radical (unpaired) electrons. The van der Waals surface area contributed by atoms with Crippen LogP contribution in [0.4, 0.5) is 5.69 Å². The number of amides is 1. The van der Waals surface area contributed by atoms with Crippen molar-refractivity contribution in [2.45, 2.75) is 24.2 Å². The topological polar surface area (TPSA) is 102 Å². The number of nitrogens with zero attached hydrogens (tertiary/aromatic N) is 1. The smallest absolute Gasteiger partial charge is 0.306 e. The van der Waals surface area contributed by atoms with Crippen LogP contribution in [0.2, 0.25) is 0 Å². The molecular weight excluding hydrogens is 384 g/mol. The Balaban J connectivity index is 1.48. The summed E-state index contributed by atoms with van der Waals surface area (Å²) in [6, 6.07) is 5.91. The van der Waals surface area contributed by atoms with Crippen LogP contribution >= 0.6 is 0 Å². The molecule has 1 amide bonds. The van der Waals surface area contributed by atoms with Gasteiger partial charge in [-0.1, -0.05) is 12.2 Å². The number of allylic oxidation sites excluding steroid dienone is 2. The summed E-state index contributed by atoms with van der Waals surface area (Å²) >= 11 is 0. The molecular formula is C19H24N2O6S. The highest BCUT2D eigenvalue weighted by atomic mass is 32.2. The maximum atomic E-state index is 12.6. The van der Waals surface area contributed by atoms with Gasteiger partial charge in [0.2, 0.25) is 10.0 Å². The van der Waals surface area contributed by atoms with Crippen molar-refractivity contribution in [2.75, 3.05) is 38.2 Å². The SMILES string of the molecule is O=C(COC(=O)C[C@H]1C=CCC1)Nc1ccc(S(=O)(=O)N2CCOCC2)cc1. The number of rotatable bonds is 7. The minimum absolute atomic E-state index is 0.156. The highest BCUT2D eigenvalue weighted by Gasteiger charge is 2.26. The molecule has 0 saturated carbocycles. The minimum atomic E-state index is -3.57. The number of morpholine rings is 1. The van der Waals surface area contributed by atoms with Crippen LogP contribution in [0, 0.1) is 5.92 Å². The Bertz CT molecular complexity index is 828. The van der Waals surface area contributed by atoms with E-state index in [4.69, 9.17) is 9.47 Å². The molecule has 0 aromatic heterocycles. The van der Waals surface area contributed by atoms with E-state index in [1.807, 2.05) is 12.2 Å². The van der Waals surface area contributed by atoms with Gasteiger partial charge in [-0.15, -0.1) is 0 Å². The first-order valence-corrected chi connectivity index (χ1v) is 10.7. The number of nitrogens with one attached hydrogen (secondary N) is 1. The van der Waals surface area contributed by atoms with Crippen molar-refractivity contribution in [3.63, 3.8) is 0 Å². The van der Waals surface area contributed by atoms with E-state index in [0.717, 1.165) is 12.8 Å². The van der Waals surface area contributed by atoms with Crippen LogP contribution in [0.15, 0.2) is 41.3 Å². The first-order valence-electron chi connectivity index (χ1n) is 9.25. The molecule has 1 saturated heterocycles. The Morgan fingerprint density at radius 3 is 2.54 bits per heavy atom. The highest BCUT2D eigenvalue weighted by Crippen LogP contribution is 2.21. The summed E-state index contributed by atoms with van der Waals surface area (Å²) in [5, 5.41) is 2.59. The van der Waals surface area contributed by atoms with Crippen LogP contribution in [0.25, 0.3) is 0 Å². The van der Waals surface area contributed by atoms with E-state index in [1.165, 1.54) is 28.6 Å². The van der Waals surface area contributed by atoms with Crippen molar-refractivity contribution < 1.29 is 27.5 Å². The molecule has 1 aromatic carbocycles. The zero-order valence-corrected chi connectivity index (χ0v) is 16.3. The van der Waals surface area contributed by atoms with Crippen molar-refractivity contribution in [1.82, 2.24) is 4.31 Å². The summed E-state index contributed by atoms with van der Waals surface area (Å²) < 4.78 is 36.7. The zero-order valence-electron chi connectivity index (χ0n) is 15.5. The Hall–Kier alpha value is -2.23. The standard InChI is InChI=1S/C19H24N2O6S/c22-18(14-27-19(23)13-15-3-1-2-4-15)20-16-5-7-17(8-6-16)28(24,25)21-9-11-26-12-10-21/h1,3,5-8,15H,2,4,9-14H2,(H,20,22)/t15-/m0/s1. The van der Waals surface area contributed by atoms with Gasteiger partial charge in [0.25, 0.3) is 5.91 Å². The third-order valence-electron chi connectivity index (χ3n) is 4.65. The average molecular weight is 408 g/mol. The van der Waals surface area contributed by atoms with Gasteiger partial charge in [-0.2, -0.15) is 4.31 Å². The van der Waals surface area contributed by atoms with Gasteiger partial charge in [0, 0.05) is 18.8 Å². The quantitative estimate of drug-likeness (QED) is 0.542. The van der Waals surface area contributed by atoms with E-state index < -0.39 is 21.9 Å². The summed E-state index contributed by atoms with van der Waals surface area (Å²) in [5.74, 6) is -0.686. The summed E-state index contributed by atoms with van der Waals surface area (Å²) in [5.41, 5.74) is 0.431. The van der Waals surface area contributed by atoms with Gasteiger partial charge in [-0.3, -0.25) is 9.59 Å². The van der Waals surface area contributed by atoms with E-state index in [-0.39, 0.29) is 23.8 Å². The van der Waals surface area contributed by atoms with E-state index in [2.05, 4.69) is 5.32 Å². The largest absolute Gasteiger partial charge is 0.456 e. The van der Waals surface area contributed by atoms with Gasteiger partial charge in [0.05, 0.1) is 24.5 Å². The molecule has 1 heterocycles. The number of anilines is 1. The number of hydrogen-bond donors (Lipinski definition) is 1. The van der Waals surface area contributed by atoms with Crippen molar-refractivity contribution in [3.8, 4) is 0 Å². The summed E-state index contributed by atoms with van der Waals surface area (Å²) in [4.78, 5) is 23.8. The number of esters is 1. The van der Waals surface area contributed by atoms with Gasteiger partial charge in [-0.25, -0.2) is 8.42 Å². The fraction of sp³-hybridized carbons (Fsp3) is 0.474. The summed E-state index contributed by atoms with van der Waals surface area (Å²) in [6.45, 7) is 1.03. The first kappa shape index (κ1) is 20.5. The molecule has 0 bridgehead atoms. The van der Waals surface area contributed by atoms with Crippen LogP contribution in [0.5, 0.6) is 0 Å². The minimum Gasteiger partial charge on any atom is -0.456 e. The number of sulfonamides is 1. The summed E-state index contributed by atoms with van der Waals surface area (Å²) in [7, 11) is -3.57. The normalized spacial score (nSPS) is 20.1. The molecule has 8 nitrogen and oxygen atoms in total. The Morgan fingerprint density at radius 2 is 1.89 bits per heavy atom. The monoisotopic (exact) mass is 408 g/mol. The van der Waals surface area contributed by atoms with Crippen molar-refractivity contribution in [2.24, 2.45) is 5.92 Å². The maximum Gasteiger partial charge on any atom is 0.306 e. The van der Waals surface area contributed by atoms with Crippen molar-refractivity contribution in [1.29, 1.82) is 0 Å². The molecule has 1 fully saturated rings. The molecule has 9 heteroatoms. The molecule has 1 aliphatic heterocycles. The van der Waals surface area contributed by atoms with E-state index >= 15 is 0 Å². The first-order chi connectivity index (χ1) is 13.4. The lowest BCUT2D eigenvalue weighted by atomic mass is 10.1. The zero-order chi connectivity index (χ0) is 20.0. The molecule has 1 aromatic rings. The Kier molecular flexibility index (Phi) is 6.82. The van der Waals surface area contributed by atoms with Crippen molar-refractivity contribution >= 4 is 27.6 Å². The third-order valence-corrected chi connectivity index (χ3v) is 6.56. The molecule has 0 unspecified atom stereocenters. The van der Waals surface area contributed by atoms with Crippen molar-refractivity contribution in [3.05, 3.63) is 36.4 Å². The molecule has 28 heavy (non-hydrogen) atoms. The lowest BCUT2D eigenvalue weighted by molar-refractivity contribution is -0.147. The highest BCUT2D eigenvalue weighted by molar-refractivity contribution is 7.89. The molecule has 3 rings (SSSR count). The second-order valence-corrected chi connectivity index (χ2v) is 8.66. The van der Waals surface area contributed by atoms with Gasteiger partial charge in [0.15, 0.2) is 6.61 Å². The van der Waals surface area contributed by atoms with Crippen LogP contribution in [-0.4, -0.2) is 57.5 Å². The lowest BCUT2D eigenvalue weighted by Gasteiger charge is -2.26. The van der Waals surface area contributed by atoms with Crippen LogP contribution < -0.4 is 5.32 Å². The number of benzene rings is 1. The van der Waals surface area contributed by atoms with Gasteiger partial charge < -0.3 is 14.8 Å². The average Bonchev–Trinajstić information content (AvgIpc) is 3.20. The van der Waals surface area contributed by atoms with Crippen LogP contribution in [-0.2, 0) is 29.1 Å². The van der Waals surface area contributed by atoms with E-state index in [1.54, 1.807) is 0 Å². The molecule has 152 valence electrons. The summed E-state index contributed by atoms with van der Waals surface area (Å²) in [6.07, 6.45) is 6.20. The Morgan fingerprint density at radius 1 is 1.18 bits per heavy atom. The van der Waals surface area contributed by atoms with Gasteiger partial charge in [-0.05, 0) is 43.0 Å². The number of carbonyl (C=O) groups excluding carboxylic acids is 2. The molecule has 1 aliphatic carbocycles. The van der Waals surface area contributed by atoms with Gasteiger partial charge >= 0.3 is 5.97 Å².